The molecule has 33 heavy (non-hydrogen) atoms. The fraction of sp³-hybridized carbons (Fsp3) is 0.455. The van der Waals surface area contributed by atoms with Gasteiger partial charge in [-0.3, -0.25) is 4.79 Å². The first kappa shape index (κ1) is 23.5. The number of alkyl halides is 3. The van der Waals surface area contributed by atoms with Crippen molar-refractivity contribution in [2.75, 3.05) is 18.0 Å². The summed E-state index contributed by atoms with van der Waals surface area (Å²) in [6.45, 7) is 3.47. The minimum Gasteiger partial charge on any atom is -0.480 e. The van der Waals surface area contributed by atoms with E-state index in [1.165, 1.54) is 10.4 Å². The minimum atomic E-state index is -4.50. The summed E-state index contributed by atoms with van der Waals surface area (Å²) in [4.78, 5) is 18.1. The van der Waals surface area contributed by atoms with Crippen LogP contribution in [0.4, 0.5) is 19.0 Å². The van der Waals surface area contributed by atoms with Crippen molar-refractivity contribution in [1.82, 2.24) is 9.29 Å². The highest BCUT2D eigenvalue weighted by Crippen LogP contribution is 2.45. The molecule has 0 radical (unpaired) electrons. The van der Waals surface area contributed by atoms with Gasteiger partial charge in [0.05, 0.1) is 5.56 Å². The van der Waals surface area contributed by atoms with Gasteiger partial charge in [-0.1, -0.05) is 24.3 Å². The zero-order valence-corrected chi connectivity index (χ0v) is 18.9. The molecular weight excluding hydrogens is 459 g/mol. The molecule has 1 aliphatic carbocycles. The van der Waals surface area contributed by atoms with E-state index in [4.69, 9.17) is 0 Å². The zero-order chi connectivity index (χ0) is 24.2. The van der Waals surface area contributed by atoms with E-state index in [1.807, 2.05) is 0 Å². The first-order valence-electron chi connectivity index (χ1n) is 10.5. The van der Waals surface area contributed by atoms with Crippen LogP contribution >= 0.6 is 0 Å². The molecule has 1 N–H and O–H groups in total. The lowest BCUT2D eigenvalue weighted by Crippen LogP contribution is -2.62. The molecule has 4 rings (SSSR count). The number of piperazine rings is 1. The first-order valence-corrected chi connectivity index (χ1v) is 12.0. The highest BCUT2D eigenvalue weighted by Gasteiger charge is 2.59. The summed E-state index contributed by atoms with van der Waals surface area (Å²) >= 11 is 0. The van der Waals surface area contributed by atoms with Gasteiger partial charge >= 0.3 is 12.1 Å². The molecule has 11 heteroatoms. The molecule has 0 saturated carbocycles. The summed E-state index contributed by atoms with van der Waals surface area (Å²) < 4.78 is 65.4. The van der Waals surface area contributed by atoms with Gasteiger partial charge in [-0.15, -0.1) is 0 Å². The molecule has 178 valence electrons. The molecule has 1 fully saturated rings. The van der Waals surface area contributed by atoms with Crippen molar-refractivity contribution in [3.63, 3.8) is 0 Å². The Labute approximate surface area is 189 Å². The molecule has 1 unspecified atom stereocenters. The summed E-state index contributed by atoms with van der Waals surface area (Å²) in [6, 6.07) is 8.04. The highest BCUT2D eigenvalue weighted by atomic mass is 32.2. The molecule has 1 aromatic carbocycles. The third kappa shape index (κ3) is 3.67. The van der Waals surface area contributed by atoms with Crippen LogP contribution in [0.1, 0.15) is 37.0 Å². The predicted octanol–water partition coefficient (Wildman–Crippen LogP) is 3.26. The fourth-order valence-electron chi connectivity index (χ4n) is 5.03. The summed E-state index contributed by atoms with van der Waals surface area (Å²) in [5.41, 5.74) is 0.137. The number of carboxylic acids is 1. The van der Waals surface area contributed by atoms with Crippen molar-refractivity contribution in [2.45, 2.75) is 49.7 Å². The maximum absolute atomic E-state index is 13.8. The van der Waals surface area contributed by atoms with Gasteiger partial charge in [0.1, 0.15) is 5.82 Å². The van der Waals surface area contributed by atoms with E-state index in [1.54, 1.807) is 43.0 Å². The van der Waals surface area contributed by atoms with Crippen LogP contribution in [0, 0.1) is 0 Å². The Kier molecular flexibility index (Phi) is 5.68. The second-order valence-corrected chi connectivity index (χ2v) is 10.8. The normalized spacial score (nSPS) is 26.3. The molecule has 1 aromatic heterocycles. The number of pyridine rings is 1. The molecule has 2 aliphatic rings. The Morgan fingerprint density at radius 2 is 1.76 bits per heavy atom. The van der Waals surface area contributed by atoms with Gasteiger partial charge in [-0.05, 0) is 49.9 Å². The van der Waals surface area contributed by atoms with E-state index >= 15 is 0 Å². The lowest BCUT2D eigenvalue weighted by molar-refractivity contribution is -0.140. The van der Waals surface area contributed by atoms with E-state index in [0.717, 1.165) is 12.3 Å². The van der Waals surface area contributed by atoms with E-state index < -0.39 is 44.6 Å². The SMILES string of the molecule is C[C@@H]1CN(S(=O)(=O)C2(C(=O)O)CCc3ccccc32)C[C@H](C)N1c1ccc(C(F)(F)F)cn1. The molecule has 0 amide bonds. The van der Waals surface area contributed by atoms with Gasteiger partial charge in [0, 0.05) is 31.4 Å². The number of aromatic nitrogens is 1. The highest BCUT2D eigenvalue weighted by molar-refractivity contribution is 7.90. The lowest BCUT2D eigenvalue weighted by Gasteiger charge is -2.46. The average Bonchev–Trinajstić information content (AvgIpc) is 3.14. The second-order valence-electron chi connectivity index (χ2n) is 8.62. The zero-order valence-electron chi connectivity index (χ0n) is 18.1. The number of hydrogen-bond donors (Lipinski definition) is 1. The number of benzene rings is 1. The molecular formula is C22H24F3N3O4S. The number of fused-ring (bicyclic) bond motifs is 1. The third-order valence-electron chi connectivity index (χ3n) is 6.55. The van der Waals surface area contributed by atoms with Crippen molar-refractivity contribution in [2.24, 2.45) is 0 Å². The Bertz CT molecular complexity index is 1160. The Morgan fingerprint density at radius 3 is 2.30 bits per heavy atom. The molecule has 0 spiro atoms. The quantitative estimate of drug-likeness (QED) is 0.718. The van der Waals surface area contributed by atoms with Gasteiger partial charge in [-0.25, -0.2) is 13.4 Å². The number of anilines is 1. The molecule has 7 nitrogen and oxygen atoms in total. The van der Waals surface area contributed by atoms with Crippen LogP contribution in [0.3, 0.4) is 0 Å². The van der Waals surface area contributed by atoms with Crippen LogP contribution in [0.25, 0.3) is 0 Å². The fourth-order valence-corrected chi connectivity index (χ4v) is 7.35. The smallest absolute Gasteiger partial charge is 0.417 e. The molecule has 3 atom stereocenters. The second kappa shape index (κ2) is 7.98. The van der Waals surface area contributed by atoms with Crippen molar-refractivity contribution in [3.05, 3.63) is 59.3 Å². The summed E-state index contributed by atoms with van der Waals surface area (Å²) in [5, 5.41) is 10.1. The van der Waals surface area contributed by atoms with Gasteiger partial charge in [0.25, 0.3) is 0 Å². The Morgan fingerprint density at radius 1 is 1.12 bits per heavy atom. The standard InChI is InChI=1S/C22H24F3N3O4S/c1-14-12-27(13-15(2)28(14)19-8-7-17(11-26-19)22(23,24)25)33(31,32)21(20(29)30)10-9-16-5-3-4-6-18(16)21/h3-8,11,14-15H,9-10,12-13H2,1-2H3,(H,29,30)/t14-,15+,21?. The van der Waals surface area contributed by atoms with E-state index in [9.17, 15) is 31.5 Å². The summed E-state index contributed by atoms with van der Waals surface area (Å²) in [5.74, 6) is -1.10. The maximum atomic E-state index is 13.8. The van der Waals surface area contributed by atoms with Crippen molar-refractivity contribution < 1.29 is 31.5 Å². The molecule has 1 saturated heterocycles. The monoisotopic (exact) mass is 483 g/mol. The number of sulfonamides is 1. The molecule has 1 aliphatic heterocycles. The minimum absolute atomic E-state index is 0.00737. The molecule has 2 heterocycles. The van der Waals surface area contributed by atoms with Crippen molar-refractivity contribution in [3.8, 4) is 0 Å². The van der Waals surface area contributed by atoms with E-state index in [2.05, 4.69) is 4.98 Å². The maximum Gasteiger partial charge on any atom is 0.417 e. The van der Waals surface area contributed by atoms with Gasteiger partial charge in [0.2, 0.25) is 14.8 Å². The lowest BCUT2D eigenvalue weighted by atomic mass is 10.0. The average molecular weight is 484 g/mol. The number of nitrogens with zero attached hydrogens (tertiary/aromatic N) is 3. The Hall–Kier alpha value is -2.66. The van der Waals surface area contributed by atoms with Crippen LogP contribution < -0.4 is 4.90 Å². The largest absolute Gasteiger partial charge is 0.480 e. The number of hydrogen-bond acceptors (Lipinski definition) is 5. The number of carboxylic acid groups (broad SMARTS) is 1. The Balaban J connectivity index is 1.64. The van der Waals surface area contributed by atoms with E-state index in [0.29, 0.717) is 23.4 Å². The number of carbonyl (C=O) groups is 1. The van der Waals surface area contributed by atoms with Gasteiger partial charge < -0.3 is 10.0 Å². The topological polar surface area (TPSA) is 90.8 Å². The number of aryl methyl sites for hydroxylation is 1. The van der Waals surface area contributed by atoms with Crippen LogP contribution in [-0.4, -0.2) is 54.0 Å². The number of rotatable bonds is 4. The van der Waals surface area contributed by atoms with Crippen molar-refractivity contribution >= 4 is 21.8 Å². The van der Waals surface area contributed by atoms with Crippen LogP contribution in [0.5, 0.6) is 0 Å². The van der Waals surface area contributed by atoms with Gasteiger partial charge in [0.15, 0.2) is 0 Å². The van der Waals surface area contributed by atoms with Gasteiger partial charge in [-0.2, -0.15) is 17.5 Å². The summed E-state index contributed by atoms with van der Waals surface area (Å²) in [7, 11) is -4.30. The third-order valence-corrected chi connectivity index (χ3v) is 9.01. The summed E-state index contributed by atoms with van der Waals surface area (Å²) in [6.07, 6.45) is -3.44. The molecule has 2 aromatic rings. The van der Waals surface area contributed by atoms with Crippen LogP contribution in [0.15, 0.2) is 42.6 Å². The number of aliphatic carboxylic acids is 1. The first-order chi connectivity index (χ1) is 15.4. The van der Waals surface area contributed by atoms with Crippen LogP contribution in [-0.2, 0) is 32.2 Å². The molecule has 0 bridgehead atoms. The van der Waals surface area contributed by atoms with Crippen LogP contribution in [0.2, 0.25) is 0 Å². The number of halogens is 3. The van der Waals surface area contributed by atoms with Crippen molar-refractivity contribution in [1.29, 1.82) is 0 Å². The van der Waals surface area contributed by atoms with E-state index in [-0.39, 0.29) is 19.5 Å². The predicted molar refractivity (Wildman–Crippen MR) is 115 cm³/mol.